The number of benzene rings is 1. The summed E-state index contributed by atoms with van der Waals surface area (Å²) >= 11 is 0. The SMILES string of the molecule is COC(=O)[C@@H](C)[C@H](c1ccc(CCC(O)C2CCN(C(=O)OC(C)(C)C)CC2)c(O)c1)C1CC1. The maximum atomic E-state index is 12.2. The monoisotopic (exact) mass is 475 g/mol. The maximum absolute atomic E-state index is 12.2. The van der Waals surface area contributed by atoms with Crippen molar-refractivity contribution >= 4 is 12.1 Å². The molecule has 190 valence electrons. The van der Waals surface area contributed by atoms with Crippen LogP contribution >= 0.6 is 0 Å². The van der Waals surface area contributed by atoms with Gasteiger partial charge in [0.1, 0.15) is 11.4 Å². The number of phenols is 1. The Hall–Kier alpha value is -2.28. The van der Waals surface area contributed by atoms with E-state index in [0.29, 0.717) is 31.8 Å². The summed E-state index contributed by atoms with van der Waals surface area (Å²) in [4.78, 5) is 26.1. The Kier molecular flexibility index (Phi) is 8.50. The van der Waals surface area contributed by atoms with Gasteiger partial charge >= 0.3 is 12.1 Å². The van der Waals surface area contributed by atoms with Crippen molar-refractivity contribution in [2.45, 2.75) is 83.8 Å². The highest BCUT2D eigenvalue weighted by Crippen LogP contribution is 2.47. The highest BCUT2D eigenvalue weighted by Gasteiger charge is 2.39. The minimum Gasteiger partial charge on any atom is -0.508 e. The smallest absolute Gasteiger partial charge is 0.410 e. The largest absolute Gasteiger partial charge is 0.508 e. The Balaban J connectivity index is 1.53. The summed E-state index contributed by atoms with van der Waals surface area (Å²) in [7, 11) is 1.41. The molecular weight excluding hydrogens is 434 g/mol. The molecule has 7 nitrogen and oxygen atoms in total. The first-order valence-electron chi connectivity index (χ1n) is 12.6. The van der Waals surface area contributed by atoms with Gasteiger partial charge in [0.2, 0.25) is 0 Å². The van der Waals surface area contributed by atoms with Gasteiger partial charge in [-0.1, -0.05) is 19.1 Å². The van der Waals surface area contributed by atoms with E-state index in [0.717, 1.165) is 36.8 Å². The summed E-state index contributed by atoms with van der Waals surface area (Å²) in [6, 6.07) is 5.70. The number of nitrogens with zero attached hydrogens (tertiary/aromatic N) is 1. The Morgan fingerprint density at radius 1 is 1.12 bits per heavy atom. The number of ether oxygens (including phenoxy) is 2. The standard InChI is InChI=1S/C27H41NO6/c1-17(25(31)33-5)24(20-7-8-20)21-9-6-18(23(30)16-21)10-11-22(29)19-12-14-28(15-13-19)26(32)34-27(2,3)4/h6,9,16-17,19-20,22,24,29-30H,7-8,10-15H2,1-5H3/t17-,22?,24-/m0/s1. The van der Waals surface area contributed by atoms with E-state index in [4.69, 9.17) is 9.47 Å². The van der Waals surface area contributed by atoms with Crippen LogP contribution in [0.2, 0.25) is 0 Å². The molecule has 0 spiro atoms. The third kappa shape index (κ3) is 6.87. The first-order chi connectivity index (χ1) is 16.0. The minimum absolute atomic E-state index is 0.0492. The highest BCUT2D eigenvalue weighted by molar-refractivity contribution is 5.73. The Morgan fingerprint density at radius 3 is 2.29 bits per heavy atom. The summed E-state index contributed by atoms with van der Waals surface area (Å²) in [5.41, 5.74) is 1.26. The molecular formula is C27H41NO6. The molecule has 1 heterocycles. The van der Waals surface area contributed by atoms with Crippen molar-refractivity contribution in [2.75, 3.05) is 20.2 Å². The maximum Gasteiger partial charge on any atom is 0.410 e. The number of aromatic hydroxyl groups is 1. The molecule has 7 heteroatoms. The Labute approximate surface area is 203 Å². The van der Waals surface area contributed by atoms with Crippen LogP contribution in [0.3, 0.4) is 0 Å². The number of rotatable bonds is 8. The van der Waals surface area contributed by atoms with Gasteiger partial charge in [0.05, 0.1) is 19.1 Å². The van der Waals surface area contributed by atoms with Gasteiger partial charge < -0.3 is 24.6 Å². The van der Waals surface area contributed by atoms with Crippen molar-refractivity contribution in [3.8, 4) is 5.75 Å². The summed E-state index contributed by atoms with van der Waals surface area (Å²) in [6.07, 6.45) is 3.99. The van der Waals surface area contributed by atoms with Crippen LogP contribution in [-0.2, 0) is 20.7 Å². The number of methoxy groups -OCH3 is 1. The predicted octanol–water partition coefficient (Wildman–Crippen LogP) is 4.64. The van der Waals surface area contributed by atoms with Crippen LogP contribution in [0, 0.1) is 17.8 Å². The molecule has 1 saturated heterocycles. The lowest BCUT2D eigenvalue weighted by Crippen LogP contribution is -2.43. The topological polar surface area (TPSA) is 96.3 Å². The second-order valence-corrected chi connectivity index (χ2v) is 11.0. The van der Waals surface area contributed by atoms with Gasteiger partial charge in [-0.3, -0.25) is 4.79 Å². The van der Waals surface area contributed by atoms with Crippen molar-refractivity contribution in [1.82, 2.24) is 4.90 Å². The molecule has 2 fully saturated rings. The summed E-state index contributed by atoms with van der Waals surface area (Å²) in [5.74, 6) is 0.366. The molecule has 1 aliphatic heterocycles. The van der Waals surface area contributed by atoms with Crippen LogP contribution in [0.5, 0.6) is 5.75 Å². The van der Waals surface area contributed by atoms with Crippen molar-refractivity contribution in [2.24, 2.45) is 17.8 Å². The number of esters is 1. The average Bonchev–Trinajstić information content (AvgIpc) is 3.62. The zero-order valence-corrected chi connectivity index (χ0v) is 21.3. The van der Waals surface area contributed by atoms with Crippen molar-refractivity contribution in [3.05, 3.63) is 29.3 Å². The molecule has 1 aromatic carbocycles. The van der Waals surface area contributed by atoms with Crippen LogP contribution in [-0.4, -0.2) is 59.1 Å². The van der Waals surface area contributed by atoms with Gasteiger partial charge in [0.15, 0.2) is 0 Å². The highest BCUT2D eigenvalue weighted by atomic mass is 16.6. The molecule has 0 radical (unpaired) electrons. The third-order valence-corrected chi connectivity index (χ3v) is 7.18. The molecule has 1 aliphatic carbocycles. The van der Waals surface area contributed by atoms with Crippen LogP contribution in [0.15, 0.2) is 18.2 Å². The lowest BCUT2D eigenvalue weighted by atomic mass is 9.82. The molecule has 1 amide bonds. The van der Waals surface area contributed by atoms with Gasteiger partial charge in [-0.05, 0) is 94.2 Å². The summed E-state index contributed by atoms with van der Waals surface area (Å²) < 4.78 is 10.4. The van der Waals surface area contributed by atoms with E-state index in [1.807, 2.05) is 39.8 Å². The fourth-order valence-electron chi connectivity index (χ4n) is 5.09. The van der Waals surface area contributed by atoms with E-state index < -0.39 is 11.7 Å². The second-order valence-electron chi connectivity index (χ2n) is 11.0. The number of hydrogen-bond donors (Lipinski definition) is 2. The van der Waals surface area contributed by atoms with E-state index >= 15 is 0 Å². The molecule has 3 atom stereocenters. The van der Waals surface area contributed by atoms with Gasteiger partial charge in [0.25, 0.3) is 0 Å². The summed E-state index contributed by atoms with van der Waals surface area (Å²) in [6.45, 7) is 8.62. The number of hydrogen-bond acceptors (Lipinski definition) is 6. The lowest BCUT2D eigenvalue weighted by Gasteiger charge is -2.35. The van der Waals surface area contributed by atoms with Crippen molar-refractivity contribution < 1.29 is 29.3 Å². The molecule has 1 unspecified atom stereocenters. The van der Waals surface area contributed by atoms with Crippen LogP contribution in [0.4, 0.5) is 4.79 Å². The van der Waals surface area contributed by atoms with Gasteiger partial charge in [-0.2, -0.15) is 0 Å². The van der Waals surface area contributed by atoms with Gasteiger partial charge in [0, 0.05) is 13.1 Å². The molecule has 0 aromatic heterocycles. The van der Waals surface area contributed by atoms with E-state index in [1.54, 1.807) is 11.0 Å². The fourth-order valence-corrected chi connectivity index (χ4v) is 5.09. The number of aryl methyl sites for hydroxylation is 1. The minimum atomic E-state index is -0.513. The van der Waals surface area contributed by atoms with Gasteiger partial charge in [-0.25, -0.2) is 4.79 Å². The molecule has 1 aromatic rings. The fraction of sp³-hybridized carbons (Fsp3) is 0.704. The van der Waals surface area contributed by atoms with Crippen molar-refractivity contribution in [3.63, 3.8) is 0 Å². The Bertz CT molecular complexity index is 851. The lowest BCUT2D eigenvalue weighted by molar-refractivity contribution is -0.145. The number of carbonyl (C=O) groups is 2. The van der Waals surface area contributed by atoms with Crippen LogP contribution in [0.1, 0.15) is 76.8 Å². The first kappa shape index (κ1) is 26.3. The molecule has 1 saturated carbocycles. The number of carbonyl (C=O) groups excluding carboxylic acids is 2. The zero-order valence-electron chi connectivity index (χ0n) is 21.3. The van der Waals surface area contributed by atoms with Crippen LogP contribution in [0.25, 0.3) is 0 Å². The molecule has 2 N–H and O–H groups in total. The van der Waals surface area contributed by atoms with E-state index in [-0.39, 0.29) is 35.6 Å². The number of aliphatic hydroxyl groups is 1. The molecule has 3 rings (SSSR count). The normalized spacial score (nSPS) is 19.9. The van der Waals surface area contributed by atoms with Crippen LogP contribution < -0.4 is 0 Å². The molecule has 34 heavy (non-hydrogen) atoms. The molecule has 2 aliphatic rings. The van der Waals surface area contributed by atoms with E-state index in [1.165, 1.54) is 7.11 Å². The number of likely N-dealkylation sites (tertiary alicyclic amines) is 1. The summed E-state index contributed by atoms with van der Waals surface area (Å²) in [5, 5.41) is 21.4. The number of piperidine rings is 1. The van der Waals surface area contributed by atoms with E-state index in [9.17, 15) is 19.8 Å². The quantitative estimate of drug-likeness (QED) is 0.532. The predicted molar refractivity (Wildman–Crippen MR) is 130 cm³/mol. The average molecular weight is 476 g/mol. The van der Waals surface area contributed by atoms with Gasteiger partial charge in [-0.15, -0.1) is 0 Å². The second kappa shape index (κ2) is 11.0. The number of phenolic OH excluding ortho intramolecular Hbond substituents is 1. The molecule has 0 bridgehead atoms. The van der Waals surface area contributed by atoms with Crippen molar-refractivity contribution in [1.29, 1.82) is 0 Å². The number of amides is 1. The van der Waals surface area contributed by atoms with E-state index in [2.05, 4.69) is 0 Å². The Morgan fingerprint density at radius 2 is 1.76 bits per heavy atom. The number of aliphatic hydroxyl groups excluding tert-OH is 1. The zero-order chi connectivity index (χ0) is 25.0. The first-order valence-corrected chi connectivity index (χ1v) is 12.6. The third-order valence-electron chi connectivity index (χ3n) is 7.18.